The first-order chi connectivity index (χ1) is 12.2. The van der Waals surface area contributed by atoms with E-state index in [2.05, 4.69) is 29.7 Å². The van der Waals surface area contributed by atoms with E-state index >= 15 is 0 Å². The van der Waals surface area contributed by atoms with E-state index in [4.69, 9.17) is 9.47 Å². The number of amides is 1. The summed E-state index contributed by atoms with van der Waals surface area (Å²) in [5.74, 6) is 1.45. The van der Waals surface area contributed by atoms with E-state index in [-0.39, 0.29) is 11.8 Å². The van der Waals surface area contributed by atoms with Crippen LogP contribution in [-0.2, 0) is 11.3 Å². The molecule has 0 fully saturated rings. The van der Waals surface area contributed by atoms with Crippen LogP contribution in [0.1, 0.15) is 22.6 Å². The van der Waals surface area contributed by atoms with Crippen LogP contribution in [0.4, 0.5) is 0 Å². The normalized spacial score (nSPS) is 16.0. The molecule has 0 saturated heterocycles. The van der Waals surface area contributed by atoms with Crippen molar-refractivity contribution in [1.29, 1.82) is 0 Å². The summed E-state index contributed by atoms with van der Waals surface area (Å²) in [6.45, 7) is 4.46. The summed E-state index contributed by atoms with van der Waals surface area (Å²) in [4.78, 5) is 12.6. The third-order valence-corrected chi connectivity index (χ3v) is 4.47. The highest BCUT2D eigenvalue weighted by atomic mass is 16.5. The van der Waals surface area contributed by atoms with Crippen LogP contribution in [0.3, 0.4) is 0 Å². The van der Waals surface area contributed by atoms with Gasteiger partial charge in [-0.2, -0.15) is 0 Å². The lowest BCUT2D eigenvalue weighted by molar-refractivity contribution is -0.122. The number of rotatable bonds is 6. The van der Waals surface area contributed by atoms with E-state index in [0.717, 1.165) is 23.6 Å². The SMILES string of the molecule is COc1ccc(OCCNC(=O)C2CNCc3cccc(C)c32)cc1. The van der Waals surface area contributed by atoms with Crippen molar-refractivity contribution in [3.63, 3.8) is 0 Å². The van der Waals surface area contributed by atoms with Crippen LogP contribution >= 0.6 is 0 Å². The Labute approximate surface area is 148 Å². The van der Waals surface area contributed by atoms with Crippen molar-refractivity contribution in [3.8, 4) is 11.5 Å². The van der Waals surface area contributed by atoms with Crippen molar-refractivity contribution in [1.82, 2.24) is 10.6 Å². The molecule has 0 bridgehead atoms. The van der Waals surface area contributed by atoms with Crippen molar-refractivity contribution >= 4 is 5.91 Å². The minimum atomic E-state index is -0.147. The second-order valence-corrected chi connectivity index (χ2v) is 6.15. The smallest absolute Gasteiger partial charge is 0.228 e. The number of hydrogen-bond donors (Lipinski definition) is 2. The average molecular weight is 340 g/mol. The summed E-state index contributed by atoms with van der Waals surface area (Å²) in [6.07, 6.45) is 0. The van der Waals surface area contributed by atoms with Gasteiger partial charge in [0.1, 0.15) is 18.1 Å². The topological polar surface area (TPSA) is 59.6 Å². The molecule has 5 nitrogen and oxygen atoms in total. The van der Waals surface area contributed by atoms with E-state index in [1.165, 1.54) is 11.1 Å². The Bertz CT molecular complexity index is 728. The molecule has 1 aliphatic rings. The molecule has 1 aliphatic heterocycles. The maximum Gasteiger partial charge on any atom is 0.228 e. The zero-order valence-electron chi connectivity index (χ0n) is 14.7. The van der Waals surface area contributed by atoms with Crippen molar-refractivity contribution in [3.05, 3.63) is 59.2 Å². The number of ether oxygens (including phenoxy) is 2. The second kappa shape index (κ2) is 8.03. The van der Waals surface area contributed by atoms with Gasteiger partial charge in [0.05, 0.1) is 19.6 Å². The summed E-state index contributed by atoms with van der Waals surface area (Å²) in [5.41, 5.74) is 3.55. The van der Waals surface area contributed by atoms with Gasteiger partial charge in [-0.25, -0.2) is 0 Å². The maximum absolute atomic E-state index is 12.6. The lowest BCUT2D eigenvalue weighted by atomic mass is 9.87. The zero-order chi connectivity index (χ0) is 17.6. The molecule has 0 radical (unpaired) electrons. The predicted octanol–water partition coefficient (Wildman–Crippen LogP) is 2.39. The van der Waals surface area contributed by atoms with E-state index in [1.54, 1.807) is 7.11 Å². The zero-order valence-corrected chi connectivity index (χ0v) is 14.7. The molecule has 2 N–H and O–H groups in total. The highest BCUT2D eigenvalue weighted by Gasteiger charge is 2.27. The number of benzene rings is 2. The fraction of sp³-hybridized carbons (Fsp3) is 0.350. The monoisotopic (exact) mass is 340 g/mol. The fourth-order valence-corrected chi connectivity index (χ4v) is 3.21. The first-order valence-corrected chi connectivity index (χ1v) is 8.52. The summed E-state index contributed by atoms with van der Waals surface area (Å²) in [5, 5.41) is 6.31. The average Bonchev–Trinajstić information content (AvgIpc) is 2.65. The summed E-state index contributed by atoms with van der Waals surface area (Å²) >= 11 is 0. The Kier molecular flexibility index (Phi) is 5.56. The molecule has 1 amide bonds. The molecule has 0 aliphatic carbocycles. The third-order valence-electron chi connectivity index (χ3n) is 4.47. The van der Waals surface area contributed by atoms with Crippen molar-refractivity contribution < 1.29 is 14.3 Å². The highest BCUT2D eigenvalue weighted by molar-refractivity contribution is 5.85. The van der Waals surface area contributed by atoms with Gasteiger partial charge in [-0.15, -0.1) is 0 Å². The number of carbonyl (C=O) groups is 1. The Morgan fingerprint density at radius 2 is 1.96 bits per heavy atom. The quantitative estimate of drug-likeness (QED) is 0.793. The molecule has 3 rings (SSSR count). The van der Waals surface area contributed by atoms with Crippen LogP contribution in [0.25, 0.3) is 0 Å². The molecule has 5 heteroatoms. The molecule has 0 aromatic heterocycles. The fourth-order valence-electron chi connectivity index (χ4n) is 3.21. The molecule has 0 saturated carbocycles. The van der Waals surface area contributed by atoms with Gasteiger partial charge in [-0.1, -0.05) is 18.2 Å². The van der Waals surface area contributed by atoms with E-state index in [9.17, 15) is 4.79 Å². The van der Waals surface area contributed by atoms with Crippen LogP contribution in [0.2, 0.25) is 0 Å². The van der Waals surface area contributed by atoms with E-state index in [0.29, 0.717) is 19.7 Å². The molecule has 25 heavy (non-hydrogen) atoms. The third kappa shape index (κ3) is 4.12. The number of methoxy groups -OCH3 is 1. The van der Waals surface area contributed by atoms with Crippen molar-refractivity contribution in [2.75, 3.05) is 26.8 Å². The van der Waals surface area contributed by atoms with Crippen LogP contribution in [0.15, 0.2) is 42.5 Å². The highest BCUT2D eigenvalue weighted by Crippen LogP contribution is 2.27. The molecule has 0 spiro atoms. The standard InChI is InChI=1S/C20H24N2O3/c1-14-4-3-5-15-12-21-13-18(19(14)15)20(23)22-10-11-25-17-8-6-16(24-2)7-9-17/h3-9,18,21H,10-13H2,1-2H3,(H,22,23). The number of fused-ring (bicyclic) bond motifs is 1. The largest absolute Gasteiger partial charge is 0.497 e. The van der Waals surface area contributed by atoms with Crippen LogP contribution < -0.4 is 20.1 Å². The molecular weight excluding hydrogens is 316 g/mol. The predicted molar refractivity (Wildman–Crippen MR) is 97.1 cm³/mol. The first-order valence-electron chi connectivity index (χ1n) is 8.52. The summed E-state index contributed by atoms with van der Waals surface area (Å²) < 4.78 is 10.8. The Balaban J connectivity index is 1.52. The lowest BCUT2D eigenvalue weighted by Gasteiger charge is -2.27. The van der Waals surface area contributed by atoms with Gasteiger partial charge in [0.25, 0.3) is 0 Å². The molecular formula is C20H24N2O3. The van der Waals surface area contributed by atoms with Gasteiger partial charge in [0.15, 0.2) is 0 Å². The van der Waals surface area contributed by atoms with Crippen LogP contribution in [0.5, 0.6) is 11.5 Å². The first kappa shape index (κ1) is 17.3. The van der Waals surface area contributed by atoms with E-state index in [1.807, 2.05) is 30.3 Å². The van der Waals surface area contributed by atoms with Gasteiger partial charge in [0, 0.05) is 13.1 Å². The second-order valence-electron chi connectivity index (χ2n) is 6.15. The van der Waals surface area contributed by atoms with Crippen LogP contribution in [-0.4, -0.2) is 32.7 Å². The molecule has 1 heterocycles. The number of carbonyl (C=O) groups excluding carboxylic acids is 1. The van der Waals surface area contributed by atoms with E-state index < -0.39 is 0 Å². The van der Waals surface area contributed by atoms with Gasteiger partial charge in [-0.3, -0.25) is 4.79 Å². The summed E-state index contributed by atoms with van der Waals surface area (Å²) in [6, 6.07) is 13.6. The van der Waals surface area contributed by atoms with Crippen molar-refractivity contribution in [2.24, 2.45) is 0 Å². The van der Waals surface area contributed by atoms with Crippen LogP contribution in [0, 0.1) is 6.92 Å². The molecule has 2 aromatic carbocycles. The van der Waals surface area contributed by atoms with Gasteiger partial charge in [0.2, 0.25) is 5.91 Å². The van der Waals surface area contributed by atoms with Gasteiger partial charge < -0.3 is 20.1 Å². The number of aryl methyl sites for hydroxylation is 1. The Morgan fingerprint density at radius 1 is 1.20 bits per heavy atom. The maximum atomic E-state index is 12.6. The summed E-state index contributed by atoms with van der Waals surface area (Å²) in [7, 11) is 1.63. The molecule has 132 valence electrons. The van der Waals surface area contributed by atoms with Gasteiger partial charge in [-0.05, 0) is 47.9 Å². The molecule has 1 atom stereocenters. The van der Waals surface area contributed by atoms with Gasteiger partial charge >= 0.3 is 0 Å². The lowest BCUT2D eigenvalue weighted by Crippen LogP contribution is -2.40. The minimum absolute atomic E-state index is 0.0427. The Hall–Kier alpha value is -2.53. The number of hydrogen-bond acceptors (Lipinski definition) is 4. The Morgan fingerprint density at radius 3 is 2.72 bits per heavy atom. The molecule has 2 aromatic rings. The minimum Gasteiger partial charge on any atom is -0.497 e. The van der Waals surface area contributed by atoms with Crippen molar-refractivity contribution in [2.45, 2.75) is 19.4 Å². The molecule has 1 unspecified atom stereocenters. The number of nitrogens with one attached hydrogen (secondary N) is 2.